The summed E-state index contributed by atoms with van der Waals surface area (Å²) >= 11 is 1.54. The van der Waals surface area contributed by atoms with E-state index in [2.05, 4.69) is 22.5 Å². The first-order chi connectivity index (χ1) is 12.2. The molecule has 5 nitrogen and oxygen atoms in total. The molecule has 2 amide bonds. The SMILES string of the molecule is CCCCNC(=O)c1c(NC(=O)c2cccnc2)sc2c1CCCC2. The van der Waals surface area contributed by atoms with Crippen molar-refractivity contribution in [3.05, 3.63) is 46.1 Å². The van der Waals surface area contributed by atoms with E-state index in [-0.39, 0.29) is 11.8 Å². The Morgan fingerprint density at radius 2 is 2.08 bits per heavy atom. The molecule has 0 saturated carbocycles. The fourth-order valence-electron chi connectivity index (χ4n) is 3.03. The predicted molar refractivity (Wildman–Crippen MR) is 100 cm³/mol. The molecule has 1 aliphatic rings. The molecule has 1 aliphatic carbocycles. The van der Waals surface area contributed by atoms with Crippen LogP contribution in [0.5, 0.6) is 0 Å². The van der Waals surface area contributed by atoms with Crippen LogP contribution in [0.2, 0.25) is 0 Å². The summed E-state index contributed by atoms with van der Waals surface area (Å²) in [4.78, 5) is 30.4. The molecule has 132 valence electrons. The fourth-order valence-corrected chi connectivity index (χ4v) is 4.32. The highest BCUT2D eigenvalue weighted by molar-refractivity contribution is 7.17. The number of amides is 2. The second-order valence-corrected chi connectivity index (χ2v) is 7.33. The van der Waals surface area contributed by atoms with Gasteiger partial charge in [0.05, 0.1) is 11.1 Å². The van der Waals surface area contributed by atoms with E-state index >= 15 is 0 Å². The molecule has 2 aromatic rings. The second-order valence-electron chi connectivity index (χ2n) is 6.22. The number of carbonyl (C=O) groups is 2. The zero-order valence-corrected chi connectivity index (χ0v) is 15.2. The fraction of sp³-hybridized carbons (Fsp3) is 0.421. The third-order valence-corrected chi connectivity index (χ3v) is 5.57. The third-order valence-electron chi connectivity index (χ3n) is 4.37. The van der Waals surface area contributed by atoms with Crippen LogP contribution >= 0.6 is 11.3 Å². The summed E-state index contributed by atoms with van der Waals surface area (Å²) in [5, 5.41) is 6.59. The Morgan fingerprint density at radius 1 is 1.24 bits per heavy atom. The van der Waals surface area contributed by atoms with Gasteiger partial charge in [-0.1, -0.05) is 13.3 Å². The molecule has 0 bridgehead atoms. The highest BCUT2D eigenvalue weighted by atomic mass is 32.1. The van der Waals surface area contributed by atoms with Crippen molar-refractivity contribution in [2.24, 2.45) is 0 Å². The number of anilines is 1. The molecule has 2 aromatic heterocycles. The quantitative estimate of drug-likeness (QED) is 0.773. The third kappa shape index (κ3) is 4.07. The van der Waals surface area contributed by atoms with Gasteiger partial charge >= 0.3 is 0 Å². The minimum atomic E-state index is -0.227. The number of hydrogen-bond donors (Lipinski definition) is 2. The molecule has 0 aliphatic heterocycles. The number of thiophene rings is 1. The molecule has 0 unspecified atom stereocenters. The average molecular weight is 357 g/mol. The van der Waals surface area contributed by atoms with Crippen molar-refractivity contribution >= 4 is 28.2 Å². The number of rotatable bonds is 6. The van der Waals surface area contributed by atoms with E-state index in [0.29, 0.717) is 22.7 Å². The van der Waals surface area contributed by atoms with Gasteiger partial charge in [0.15, 0.2) is 0 Å². The Kier molecular flexibility index (Phi) is 5.81. The van der Waals surface area contributed by atoms with E-state index in [0.717, 1.165) is 44.1 Å². The van der Waals surface area contributed by atoms with E-state index < -0.39 is 0 Å². The molecule has 2 N–H and O–H groups in total. The molecule has 0 fully saturated rings. The molecule has 0 saturated heterocycles. The van der Waals surface area contributed by atoms with Gasteiger partial charge in [-0.15, -0.1) is 11.3 Å². The minimum Gasteiger partial charge on any atom is -0.352 e. The van der Waals surface area contributed by atoms with E-state index in [1.165, 1.54) is 22.4 Å². The van der Waals surface area contributed by atoms with Gasteiger partial charge in [-0.2, -0.15) is 0 Å². The number of aromatic nitrogens is 1. The van der Waals surface area contributed by atoms with Gasteiger partial charge in [-0.05, 0) is 49.8 Å². The van der Waals surface area contributed by atoms with Crippen LogP contribution in [0, 0.1) is 0 Å². The van der Waals surface area contributed by atoms with Gasteiger partial charge < -0.3 is 10.6 Å². The van der Waals surface area contributed by atoms with Gasteiger partial charge in [0, 0.05) is 23.8 Å². The highest BCUT2D eigenvalue weighted by Crippen LogP contribution is 2.38. The van der Waals surface area contributed by atoms with Crippen LogP contribution in [0.15, 0.2) is 24.5 Å². The van der Waals surface area contributed by atoms with Crippen molar-refractivity contribution in [3.8, 4) is 0 Å². The van der Waals surface area contributed by atoms with Crippen molar-refractivity contribution in [2.75, 3.05) is 11.9 Å². The molecule has 6 heteroatoms. The Hall–Kier alpha value is -2.21. The topological polar surface area (TPSA) is 71.1 Å². The van der Waals surface area contributed by atoms with Crippen molar-refractivity contribution < 1.29 is 9.59 Å². The van der Waals surface area contributed by atoms with Crippen LogP contribution < -0.4 is 10.6 Å². The average Bonchev–Trinajstić information content (AvgIpc) is 3.00. The van der Waals surface area contributed by atoms with Gasteiger partial charge in [-0.3, -0.25) is 14.6 Å². The largest absolute Gasteiger partial charge is 0.352 e. The summed E-state index contributed by atoms with van der Waals surface area (Å²) in [5.41, 5.74) is 2.27. The number of unbranched alkanes of at least 4 members (excludes halogenated alkanes) is 1. The second kappa shape index (κ2) is 8.25. The van der Waals surface area contributed by atoms with Crippen LogP contribution in [0.3, 0.4) is 0 Å². The number of pyridine rings is 1. The summed E-state index contributed by atoms with van der Waals surface area (Å²) in [5.74, 6) is -0.302. The summed E-state index contributed by atoms with van der Waals surface area (Å²) in [6.07, 6.45) is 9.28. The first-order valence-corrected chi connectivity index (χ1v) is 9.66. The first-order valence-electron chi connectivity index (χ1n) is 8.84. The lowest BCUT2D eigenvalue weighted by molar-refractivity contribution is 0.0953. The van der Waals surface area contributed by atoms with E-state index in [4.69, 9.17) is 0 Å². The lowest BCUT2D eigenvalue weighted by Gasteiger charge is -2.13. The zero-order chi connectivity index (χ0) is 17.6. The first kappa shape index (κ1) is 17.6. The number of nitrogens with one attached hydrogen (secondary N) is 2. The number of nitrogens with zero attached hydrogens (tertiary/aromatic N) is 1. The zero-order valence-electron chi connectivity index (χ0n) is 14.4. The Labute approximate surface area is 151 Å². The molecule has 25 heavy (non-hydrogen) atoms. The van der Waals surface area contributed by atoms with Crippen LogP contribution in [0.25, 0.3) is 0 Å². The van der Waals surface area contributed by atoms with Crippen molar-refractivity contribution in [2.45, 2.75) is 45.4 Å². The van der Waals surface area contributed by atoms with E-state index in [1.54, 1.807) is 18.3 Å². The normalized spacial score (nSPS) is 13.2. The van der Waals surface area contributed by atoms with Gasteiger partial charge in [0.2, 0.25) is 0 Å². The molecular weight excluding hydrogens is 334 g/mol. The molecule has 0 radical (unpaired) electrons. The van der Waals surface area contributed by atoms with Crippen LogP contribution in [-0.2, 0) is 12.8 Å². The molecule has 2 heterocycles. The molecule has 0 aromatic carbocycles. The maximum Gasteiger partial charge on any atom is 0.257 e. The van der Waals surface area contributed by atoms with Crippen molar-refractivity contribution in [1.82, 2.24) is 10.3 Å². The minimum absolute atomic E-state index is 0.0747. The highest BCUT2D eigenvalue weighted by Gasteiger charge is 2.26. The lowest BCUT2D eigenvalue weighted by atomic mass is 9.95. The summed E-state index contributed by atoms with van der Waals surface area (Å²) in [7, 11) is 0. The Morgan fingerprint density at radius 3 is 2.84 bits per heavy atom. The van der Waals surface area contributed by atoms with Gasteiger partial charge in [0.1, 0.15) is 5.00 Å². The van der Waals surface area contributed by atoms with Crippen LogP contribution in [0.4, 0.5) is 5.00 Å². The Bertz CT molecular complexity index is 756. The summed E-state index contributed by atoms with van der Waals surface area (Å²) in [6, 6.07) is 3.45. The van der Waals surface area contributed by atoms with E-state index in [9.17, 15) is 9.59 Å². The predicted octanol–water partition coefficient (Wildman–Crippen LogP) is 3.80. The molecule has 0 atom stereocenters. The van der Waals surface area contributed by atoms with Crippen LogP contribution in [-0.4, -0.2) is 23.3 Å². The van der Waals surface area contributed by atoms with Crippen LogP contribution in [0.1, 0.15) is 63.8 Å². The molecule has 0 spiro atoms. The van der Waals surface area contributed by atoms with Crippen molar-refractivity contribution in [1.29, 1.82) is 0 Å². The molecule has 3 rings (SSSR count). The van der Waals surface area contributed by atoms with E-state index in [1.807, 2.05) is 0 Å². The molecular formula is C19H23N3O2S. The van der Waals surface area contributed by atoms with Crippen molar-refractivity contribution in [3.63, 3.8) is 0 Å². The smallest absolute Gasteiger partial charge is 0.257 e. The Balaban J connectivity index is 1.86. The van der Waals surface area contributed by atoms with Gasteiger partial charge in [-0.25, -0.2) is 0 Å². The monoisotopic (exact) mass is 357 g/mol. The standard InChI is InChI=1S/C19H23N3O2S/c1-2-3-11-21-18(24)16-14-8-4-5-9-15(14)25-19(16)22-17(23)13-7-6-10-20-12-13/h6-7,10,12H,2-5,8-9,11H2,1H3,(H,21,24)(H,22,23). The number of fused-ring (bicyclic) bond motifs is 1. The number of hydrogen-bond acceptors (Lipinski definition) is 4. The number of carbonyl (C=O) groups excluding carboxylic acids is 2. The summed E-state index contributed by atoms with van der Waals surface area (Å²) < 4.78 is 0. The number of aryl methyl sites for hydroxylation is 1. The lowest BCUT2D eigenvalue weighted by Crippen LogP contribution is -2.26. The van der Waals surface area contributed by atoms with Gasteiger partial charge in [0.25, 0.3) is 11.8 Å². The maximum atomic E-state index is 12.7. The maximum absolute atomic E-state index is 12.7. The summed E-state index contributed by atoms with van der Waals surface area (Å²) in [6.45, 7) is 2.76.